The third kappa shape index (κ3) is 2.96. The molecule has 0 amide bonds. The van der Waals surface area contributed by atoms with Crippen LogP contribution in [0.3, 0.4) is 0 Å². The summed E-state index contributed by atoms with van der Waals surface area (Å²) in [7, 11) is -0.470. The molecule has 0 N–H and O–H groups in total. The molecule has 1 aliphatic heterocycles. The zero-order chi connectivity index (χ0) is 17.3. The Balaban J connectivity index is 1.76. The van der Waals surface area contributed by atoms with Gasteiger partial charge < -0.3 is 9.64 Å². The van der Waals surface area contributed by atoms with E-state index in [-0.39, 0.29) is 10.8 Å². The Morgan fingerprint density at radius 1 is 1.17 bits per heavy atom. The molecule has 3 rings (SSSR count). The highest BCUT2D eigenvalue weighted by atomic mass is 32.2. The second kappa shape index (κ2) is 6.40. The van der Waals surface area contributed by atoms with E-state index in [1.54, 1.807) is 13.1 Å². The molecule has 1 saturated heterocycles. The average Bonchev–Trinajstić information content (AvgIpc) is 3.01. The number of rotatable bonds is 4. The molecule has 1 aliphatic rings. The number of hydrogen-bond donors (Lipinski definition) is 0. The van der Waals surface area contributed by atoms with Crippen molar-refractivity contribution >= 4 is 15.7 Å². The van der Waals surface area contributed by atoms with Crippen LogP contribution in [-0.4, -0.2) is 55.8 Å². The van der Waals surface area contributed by atoms with E-state index >= 15 is 0 Å². The summed E-state index contributed by atoms with van der Waals surface area (Å²) >= 11 is 0. The molecule has 0 radical (unpaired) electrons. The number of ether oxygens (including phenoxy) is 1. The lowest BCUT2D eigenvalue weighted by Crippen LogP contribution is -2.49. The van der Waals surface area contributed by atoms with Gasteiger partial charge in [0.2, 0.25) is 0 Å². The van der Waals surface area contributed by atoms with Gasteiger partial charge in [0.05, 0.1) is 19.0 Å². The second-order valence-corrected chi connectivity index (χ2v) is 7.39. The smallest absolute Gasteiger partial charge is 0.260 e. The quantitative estimate of drug-likeness (QED) is 0.822. The maximum absolute atomic E-state index is 13.3. The van der Waals surface area contributed by atoms with Gasteiger partial charge >= 0.3 is 0 Å². The van der Waals surface area contributed by atoms with Crippen molar-refractivity contribution in [2.75, 3.05) is 38.2 Å². The molecule has 2 aromatic rings. The summed E-state index contributed by atoms with van der Waals surface area (Å²) in [6, 6.07) is 5.84. The number of hydrogen-bond acceptors (Lipinski definition) is 5. The second-order valence-electron chi connectivity index (χ2n) is 5.50. The molecule has 0 bridgehead atoms. The summed E-state index contributed by atoms with van der Waals surface area (Å²) < 4.78 is 46.6. The standard InChI is InChI=1S/C15H19FN4O3S/c1-18-15(5-6-17-18)24(21,22)20-9-7-19(8-10-20)13-4-3-12(16)11-14(13)23-2/h3-6,11H,7-10H2,1-2H3. The van der Waals surface area contributed by atoms with E-state index in [4.69, 9.17) is 4.74 Å². The molecule has 0 aliphatic carbocycles. The van der Waals surface area contributed by atoms with Crippen molar-refractivity contribution < 1.29 is 17.5 Å². The number of methoxy groups -OCH3 is 1. The van der Waals surface area contributed by atoms with E-state index in [1.807, 2.05) is 4.90 Å². The molecule has 0 saturated carbocycles. The van der Waals surface area contributed by atoms with Gasteiger partial charge in [-0.2, -0.15) is 9.40 Å². The normalized spacial score (nSPS) is 16.4. The fourth-order valence-corrected chi connectivity index (χ4v) is 4.35. The number of benzene rings is 1. The molecule has 1 fully saturated rings. The van der Waals surface area contributed by atoms with Crippen molar-refractivity contribution in [1.82, 2.24) is 14.1 Å². The highest BCUT2D eigenvalue weighted by Crippen LogP contribution is 2.30. The van der Waals surface area contributed by atoms with Crippen molar-refractivity contribution in [3.05, 3.63) is 36.3 Å². The van der Waals surface area contributed by atoms with Crippen LogP contribution in [0.15, 0.2) is 35.5 Å². The first-order chi connectivity index (χ1) is 11.4. The molecular formula is C15H19FN4O3S. The van der Waals surface area contributed by atoms with Crippen molar-refractivity contribution in [1.29, 1.82) is 0 Å². The predicted molar refractivity (Wildman–Crippen MR) is 87.1 cm³/mol. The first-order valence-corrected chi connectivity index (χ1v) is 8.94. The van der Waals surface area contributed by atoms with Crippen molar-refractivity contribution in [2.24, 2.45) is 7.05 Å². The zero-order valence-electron chi connectivity index (χ0n) is 13.5. The lowest BCUT2D eigenvalue weighted by atomic mass is 10.2. The van der Waals surface area contributed by atoms with E-state index in [1.165, 1.54) is 40.5 Å². The summed E-state index contributed by atoms with van der Waals surface area (Å²) in [5.74, 6) is 0.0750. The highest BCUT2D eigenvalue weighted by molar-refractivity contribution is 7.89. The van der Waals surface area contributed by atoms with Crippen LogP contribution < -0.4 is 9.64 Å². The summed E-state index contributed by atoms with van der Waals surface area (Å²) in [6.07, 6.45) is 1.46. The SMILES string of the molecule is COc1cc(F)ccc1N1CCN(S(=O)(=O)c2ccnn2C)CC1. The van der Waals surface area contributed by atoms with Crippen LogP contribution in [0.2, 0.25) is 0 Å². The minimum Gasteiger partial charge on any atom is -0.494 e. The van der Waals surface area contributed by atoms with Gasteiger partial charge in [0.15, 0.2) is 5.03 Å². The Hall–Kier alpha value is -2.13. The zero-order valence-corrected chi connectivity index (χ0v) is 14.3. The molecule has 2 heterocycles. The average molecular weight is 354 g/mol. The number of sulfonamides is 1. The fraction of sp³-hybridized carbons (Fsp3) is 0.400. The molecule has 0 atom stereocenters. The van der Waals surface area contributed by atoms with E-state index < -0.39 is 10.0 Å². The maximum Gasteiger partial charge on any atom is 0.260 e. The first-order valence-electron chi connectivity index (χ1n) is 7.50. The molecule has 1 aromatic heterocycles. The predicted octanol–water partition coefficient (Wildman–Crippen LogP) is 1.08. The lowest BCUT2D eigenvalue weighted by Gasteiger charge is -2.35. The van der Waals surface area contributed by atoms with Gasteiger partial charge in [-0.1, -0.05) is 0 Å². The fourth-order valence-electron chi connectivity index (χ4n) is 2.83. The number of aromatic nitrogens is 2. The molecule has 24 heavy (non-hydrogen) atoms. The van der Waals surface area contributed by atoms with Crippen LogP contribution in [0.5, 0.6) is 5.75 Å². The minimum atomic E-state index is -3.56. The Bertz CT molecular complexity index is 829. The molecule has 0 spiro atoms. The molecule has 1 aromatic carbocycles. The van der Waals surface area contributed by atoms with Gasteiger partial charge in [-0.15, -0.1) is 0 Å². The minimum absolute atomic E-state index is 0.176. The molecule has 0 unspecified atom stereocenters. The van der Waals surface area contributed by atoms with Gasteiger partial charge in [0, 0.05) is 39.3 Å². The van der Waals surface area contributed by atoms with Crippen LogP contribution in [0.1, 0.15) is 0 Å². The Morgan fingerprint density at radius 3 is 2.46 bits per heavy atom. The monoisotopic (exact) mass is 354 g/mol. The third-order valence-electron chi connectivity index (χ3n) is 4.10. The van der Waals surface area contributed by atoms with Crippen LogP contribution >= 0.6 is 0 Å². The van der Waals surface area contributed by atoms with Gasteiger partial charge in [-0.05, 0) is 18.2 Å². The number of aryl methyl sites for hydroxylation is 1. The van der Waals surface area contributed by atoms with Crippen LogP contribution in [-0.2, 0) is 17.1 Å². The Kier molecular flexibility index (Phi) is 4.46. The van der Waals surface area contributed by atoms with Gasteiger partial charge in [0.25, 0.3) is 10.0 Å². The van der Waals surface area contributed by atoms with E-state index in [0.29, 0.717) is 31.9 Å². The largest absolute Gasteiger partial charge is 0.494 e. The lowest BCUT2D eigenvalue weighted by molar-refractivity contribution is 0.374. The number of halogens is 1. The van der Waals surface area contributed by atoms with Gasteiger partial charge in [-0.25, -0.2) is 12.8 Å². The molecular weight excluding hydrogens is 335 g/mol. The highest BCUT2D eigenvalue weighted by Gasteiger charge is 2.31. The molecule has 7 nitrogen and oxygen atoms in total. The number of piperazine rings is 1. The van der Waals surface area contributed by atoms with Crippen molar-refractivity contribution in [3.63, 3.8) is 0 Å². The Morgan fingerprint density at radius 2 is 1.88 bits per heavy atom. The van der Waals surface area contributed by atoms with E-state index in [2.05, 4.69) is 5.10 Å². The van der Waals surface area contributed by atoms with Crippen molar-refractivity contribution in [3.8, 4) is 5.75 Å². The number of anilines is 1. The molecule has 9 heteroatoms. The summed E-state index contributed by atoms with van der Waals surface area (Å²) in [5, 5.41) is 4.10. The number of nitrogens with zero attached hydrogens (tertiary/aromatic N) is 4. The Labute approximate surface area is 140 Å². The van der Waals surface area contributed by atoms with Gasteiger partial charge in [0.1, 0.15) is 11.6 Å². The third-order valence-corrected chi connectivity index (χ3v) is 6.08. The summed E-state index contributed by atoms with van der Waals surface area (Å²) in [4.78, 5) is 1.99. The first kappa shape index (κ1) is 16.7. The van der Waals surface area contributed by atoms with Crippen molar-refractivity contribution in [2.45, 2.75) is 5.03 Å². The van der Waals surface area contributed by atoms with Crippen LogP contribution in [0.4, 0.5) is 10.1 Å². The maximum atomic E-state index is 13.3. The summed E-state index contributed by atoms with van der Waals surface area (Å²) in [6.45, 7) is 1.68. The topological polar surface area (TPSA) is 67.7 Å². The van der Waals surface area contributed by atoms with Gasteiger partial charge in [-0.3, -0.25) is 4.68 Å². The van der Waals surface area contributed by atoms with Crippen LogP contribution in [0.25, 0.3) is 0 Å². The van der Waals surface area contributed by atoms with E-state index in [0.717, 1.165) is 5.69 Å². The summed E-state index contributed by atoms with van der Waals surface area (Å²) in [5.41, 5.74) is 0.761. The van der Waals surface area contributed by atoms with Crippen LogP contribution in [0, 0.1) is 5.82 Å². The van der Waals surface area contributed by atoms with E-state index in [9.17, 15) is 12.8 Å². The molecule has 130 valence electrons.